The summed E-state index contributed by atoms with van der Waals surface area (Å²) in [6.45, 7) is 0. The first-order chi connectivity index (χ1) is 10.6. The van der Waals surface area contributed by atoms with Crippen LogP contribution in [-0.4, -0.2) is 16.9 Å². The molecule has 0 heterocycles. The summed E-state index contributed by atoms with van der Waals surface area (Å²) in [5, 5.41) is 9.55. The van der Waals surface area contributed by atoms with Crippen molar-refractivity contribution < 1.29 is 14.7 Å². The third-order valence-electron chi connectivity index (χ3n) is 3.04. The van der Waals surface area contributed by atoms with E-state index in [0.717, 1.165) is 10.0 Å². The van der Waals surface area contributed by atoms with Gasteiger partial charge in [-0.15, -0.1) is 0 Å². The van der Waals surface area contributed by atoms with Crippen molar-refractivity contribution in [3.8, 4) is 5.75 Å². The van der Waals surface area contributed by atoms with E-state index >= 15 is 0 Å². The molecule has 0 atom stereocenters. The van der Waals surface area contributed by atoms with E-state index in [-0.39, 0.29) is 23.6 Å². The highest BCUT2D eigenvalue weighted by atomic mass is 79.9. The number of halogens is 1. The Morgan fingerprint density at radius 3 is 2.41 bits per heavy atom. The number of phenolic OH excluding ortho intramolecular Hbond substituents is 1. The number of aromatic hydroxyl groups is 1. The fourth-order valence-electron chi connectivity index (χ4n) is 1.87. The minimum Gasteiger partial charge on any atom is -0.507 e. The van der Waals surface area contributed by atoms with Crippen LogP contribution in [0.25, 0.3) is 0 Å². The normalized spacial score (nSPS) is 10.0. The molecule has 0 aliphatic heterocycles. The molecule has 0 unspecified atom stereocenters. The number of rotatable bonds is 4. The highest BCUT2D eigenvalue weighted by Gasteiger charge is 2.11. The Bertz CT molecular complexity index is 689. The minimum atomic E-state index is -0.563. The van der Waals surface area contributed by atoms with Crippen molar-refractivity contribution in [2.24, 2.45) is 0 Å². The third kappa shape index (κ3) is 4.33. The summed E-state index contributed by atoms with van der Waals surface area (Å²) in [5.74, 6) is -1.01. The Morgan fingerprint density at radius 2 is 1.68 bits per heavy atom. The molecule has 0 saturated carbocycles. The summed E-state index contributed by atoms with van der Waals surface area (Å²) >= 11 is 3.42. The molecule has 0 saturated heterocycles. The minimum absolute atomic E-state index is 0.105. The zero-order chi connectivity index (χ0) is 15.9. The SMILES string of the molecule is O=C(CCc1ccccc1Br)NNC(=O)c1ccccc1O. The Morgan fingerprint density at radius 1 is 1.00 bits per heavy atom. The summed E-state index contributed by atoms with van der Waals surface area (Å²) in [7, 11) is 0. The number of hydrazine groups is 1. The quantitative estimate of drug-likeness (QED) is 0.731. The molecule has 0 fully saturated rings. The van der Waals surface area contributed by atoms with Crippen LogP contribution >= 0.6 is 15.9 Å². The lowest BCUT2D eigenvalue weighted by Crippen LogP contribution is -2.41. The first-order valence-corrected chi connectivity index (χ1v) is 7.48. The van der Waals surface area contributed by atoms with Crippen molar-refractivity contribution in [3.63, 3.8) is 0 Å². The van der Waals surface area contributed by atoms with Gasteiger partial charge in [0.2, 0.25) is 5.91 Å². The van der Waals surface area contributed by atoms with Crippen molar-refractivity contribution in [1.29, 1.82) is 0 Å². The molecular formula is C16H15BrN2O3. The van der Waals surface area contributed by atoms with Crippen molar-refractivity contribution in [2.75, 3.05) is 0 Å². The maximum absolute atomic E-state index is 11.8. The van der Waals surface area contributed by atoms with E-state index in [0.29, 0.717) is 6.42 Å². The van der Waals surface area contributed by atoms with Crippen LogP contribution in [0.15, 0.2) is 53.0 Å². The fraction of sp³-hybridized carbons (Fsp3) is 0.125. The number of amides is 2. The van der Waals surface area contributed by atoms with Crippen LogP contribution in [0, 0.1) is 0 Å². The molecular weight excluding hydrogens is 348 g/mol. The summed E-state index contributed by atoms with van der Waals surface area (Å²) in [5.41, 5.74) is 5.74. The van der Waals surface area contributed by atoms with Crippen LogP contribution in [0.5, 0.6) is 5.75 Å². The van der Waals surface area contributed by atoms with Crippen molar-refractivity contribution >= 4 is 27.7 Å². The lowest BCUT2D eigenvalue weighted by Gasteiger charge is -2.09. The topological polar surface area (TPSA) is 78.4 Å². The maximum atomic E-state index is 11.8. The van der Waals surface area contributed by atoms with Crippen LogP contribution in [0.4, 0.5) is 0 Å². The molecule has 0 radical (unpaired) electrons. The van der Waals surface area contributed by atoms with E-state index in [2.05, 4.69) is 26.8 Å². The number of nitrogens with one attached hydrogen (secondary N) is 2. The van der Waals surface area contributed by atoms with E-state index < -0.39 is 5.91 Å². The van der Waals surface area contributed by atoms with Gasteiger partial charge in [-0.1, -0.05) is 46.3 Å². The van der Waals surface area contributed by atoms with Crippen molar-refractivity contribution in [3.05, 3.63) is 64.1 Å². The molecule has 2 aromatic rings. The third-order valence-corrected chi connectivity index (χ3v) is 3.82. The second-order valence-electron chi connectivity index (χ2n) is 4.61. The maximum Gasteiger partial charge on any atom is 0.273 e. The van der Waals surface area contributed by atoms with Gasteiger partial charge in [0, 0.05) is 10.9 Å². The van der Waals surface area contributed by atoms with Gasteiger partial charge in [-0.3, -0.25) is 20.4 Å². The van der Waals surface area contributed by atoms with Gasteiger partial charge in [0.25, 0.3) is 5.91 Å². The van der Waals surface area contributed by atoms with Gasteiger partial charge in [-0.2, -0.15) is 0 Å². The number of para-hydroxylation sites is 1. The lowest BCUT2D eigenvalue weighted by atomic mass is 10.1. The summed E-state index contributed by atoms with van der Waals surface area (Å²) in [6.07, 6.45) is 0.795. The Kier molecular flexibility index (Phi) is 5.55. The number of phenols is 1. The zero-order valence-electron chi connectivity index (χ0n) is 11.7. The van der Waals surface area contributed by atoms with Crippen LogP contribution in [0.2, 0.25) is 0 Å². The second-order valence-corrected chi connectivity index (χ2v) is 5.47. The molecule has 6 heteroatoms. The van der Waals surface area contributed by atoms with Gasteiger partial charge in [-0.05, 0) is 30.2 Å². The molecule has 0 aliphatic carbocycles. The Hall–Kier alpha value is -2.34. The Labute approximate surface area is 136 Å². The lowest BCUT2D eigenvalue weighted by molar-refractivity contribution is -0.121. The smallest absolute Gasteiger partial charge is 0.273 e. The number of benzene rings is 2. The van der Waals surface area contributed by atoms with Crippen LogP contribution in [0.1, 0.15) is 22.3 Å². The fourth-order valence-corrected chi connectivity index (χ4v) is 2.35. The number of carbonyl (C=O) groups is 2. The van der Waals surface area contributed by atoms with Gasteiger partial charge in [0.1, 0.15) is 5.75 Å². The van der Waals surface area contributed by atoms with Crippen LogP contribution in [0.3, 0.4) is 0 Å². The number of hydrogen-bond acceptors (Lipinski definition) is 3. The molecule has 0 aromatic heterocycles. The molecule has 0 spiro atoms. The molecule has 2 amide bonds. The summed E-state index contributed by atoms with van der Waals surface area (Å²) in [6, 6.07) is 13.8. The zero-order valence-corrected chi connectivity index (χ0v) is 13.3. The van der Waals surface area contributed by atoms with E-state index in [4.69, 9.17) is 0 Å². The predicted molar refractivity (Wildman–Crippen MR) is 86.2 cm³/mol. The first-order valence-electron chi connectivity index (χ1n) is 6.68. The molecule has 0 aliphatic rings. The second kappa shape index (κ2) is 7.61. The van der Waals surface area contributed by atoms with E-state index in [1.165, 1.54) is 12.1 Å². The highest BCUT2D eigenvalue weighted by Crippen LogP contribution is 2.17. The molecule has 2 aromatic carbocycles. The van der Waals surface area contributed by atoms with Crippen molar-refractivity contribution in [1.82, 2.24) is 10.9 Å². The van der Waals surface area contributed by atoms with Crippen LogP contribution in [-0.2, 0) is 11.2 Å². The van der Waals surface area contributed by atoms with E-state index in [1.807, 2.05) is 24.3 Å². The van der Waals surface area contributed by atoms with Gasteiger partial charge in [-0.25, -0.2) is 0 Å². The molecule has 114 valence electrons. The summed E-state index contributed by atoms with van der Waals surface area (Å²) < 4.78 is 0.945. The largest absolute Gasteiger partial charge is 0.507 e. The molecule has 5 nitrogen and oxygen atoms in total. The number of hydrogen-bond donors (Lipinski definition) is 3. The molecule has 22 heavy (non-hydrogen) atoms. The average Bonchev–Trinajstić information content (AvgIpc) is 2.52. The van der Waals surface area contributed by atoms with Gasteiger partial charge in [0.15, 0.2) is 0 Å². The average molecular weight is 363 g/mol. The summed E-state index contributed by atoms with van der Waals surface area (Å²) in [4.78, 5) is 23.5. The Balaban J connectivity index is 1.82. The first kappa shape index (κ1) is 16.0. The van der Waals surface area contributed by atoms with Crippen LogP contribution < -0.4 is 10.9 Å². The molecule has 3 N–H and O–H groups in total. The van der Waals surface area contributed by atoms with E-state index in [1.54, 1.807) is 12.1 Å². The monoisotopic (exact) mass is 362 g/mol. The van der Waals surface area contributed by atoms with Gasteiger partial charge >= 0.3 is 0 Å². The number of carbonyl (C=O) groups excluding carboxylic acids is 2. The van der Waals surface area contributed by atoms with E-state index in [9.17, 15) is 14.7 Å². The number of aryl methyl sites for hydroxylation is 1. The van der Waals surface area contributed by atoms with Gasteiger partial charge in [0.05, 0.1) is 5.56 Å². The highest BCUT2D eigenvalue weighted by molar-refractivity contribution is 9.10. The molecule has 2 rings (SSSR count). The van der Waals surface area contributed by atoms with Gasteiger partial charge < -0.3 is 5.11 Å². The predicted octanol–water partition coefficient (Wildman–Crippen LogP) is 2.55. The van der Waals surface area contributed by atoms with Crippen molar-refractivity contribution in [2.45, 2.75) is 12.8 Å². The molecule has 0 bridgehead atoms. The standard InChI is InChI=1S/C16H15BrN2O3/c17-13-7-3-1-5-11(13)9-10-15(21)18-19-16(22)12-6-2-4-8-14(12)20/h1-8,20H,9-10H2,(H,18,21)(H,19,22).